The van der Waals surface area contributed by atoms with Crippen molar-refractivity contribution in [2.24, 2.45) is 7.05 Å². The van der Waals surface area contributed by atoms with E-state index >= 15 is 0 Å². The van der Waals surface area contributed by atoms with Gasteiger partial charge in [0.1, 0.15) is 11.5 Å². The molecule has 18 heavy (non-hydrogen) atoms. The molecule has 0 amide bonds. The summed E-state index contributed by atoms with van der Waals surface area (Å²) < 4.78 is 7.36. The van der Waals surface area contributed by atoms with E-state index in [1.807, 2.05) is 33.0 Å². The normalized spacial score (nSPS) is 10.8. The number of carboxylic acid groups (broad SMARTS) is 1. The van der Waals surface area contributed by atoms with Gasteiger partial charge in [-0.2, -0.15) is 5.10 Å². The number of furan rings is 1. The zero-order valence-electron chi connectivity index (χ0n) is 10.7. The van der Waals surface area contributed by atoms with E-state index in [9.17, 15) is 4.79 Å². The van der Waals surface area contributed by atoms with Crippen LogP contribution in [0.5, 0.6) is 0 Å². The Labute approximate surface area is 105 Å². The van der Waals surface area contributed by atoms with Gasteiger partial charge in [0.05, 0.1) is 17.7 Å². The maximum absolute atomic E-state index is 10.7. The third-order valence-electron chi connectivity index (χ3n) is 2.97. The highest BCUT2D eigenvalue weighted by Crippen LogP contribution is 2.29. The number of aryl methyl sites for hydroxylation is 3. The van der Waals surface area contributed by atoms with Gasteiger partial charge in [0.2, 0.25) is 0 Å². The summed E-state index contributed by atoms with van der Waals surface area (Å²) in [4.78, 5) is 10.7. The van der Waals surface area contributed by atoms with Gasteiger partial charge in [-0.1, -0.05) is 0 Å². The summed E-state index contributed by atoms with van der Waals surface area (Å²) in [6.45, 7) is 3.83. The Kier molecular flexibility index (Phi) is 3.23. The zero-order chi connectivity index (χ0) is 13.3. The summed E-state index contributed by atoms with van der Waals surface area (Å²) in [7, 11) is 1.85. The van der Waals surface area contributed by atoms with Crippen LogP contribution in [-0.4, -0.2) is 20.9 Å². The smallest absolute Gasteiger partial charge is 0.303 e. The highest BCUT2D eigenvalue weighted by molar-refractivity contribution is 5.69. The Bertz CT molecular complexity index is 581. The van der Waals surface area contributed by atoms with Gasteiger partial charge >= 0.3 is 5.97 Å². The fourth-order valence-corrected chi connectivity index (χ4v) is 1.97. The molecule has 0 fully saturated rings. The molecule has 5 nitrogen and oxygen atoms in total. The summed E-state index contributed by atoms with van der Waals surface area (Å²) in [5.41, 5.74) is 2.66. The molecule has 2 aromatic rings. The molecular weight excluding hydrogens is 232 g/mol. The number of aromatic nitrogens is 2. The molecule has 0 aliphatic carbocycles. The van der Waals surface area contributed by atoms with Gasteiger partial charge in [0, 0.05) is 19.2 Å². The van der Waals surface area contributed by atoms with E-state index in [4.69, 9.17) is 9.52 Å². The lowest BCUT2D eigenvalue weighted by Crippen LogP contribution is -1.99. The second-order valence-corrected chi connectivity index (χ2v) is 4.33. The molecule has 0 bridgehead atoms. The molecule has 0 atom stereocenters. The highest BCUT2D eigenvalue weighted by atomic mass is 16.4. The molecule has 1 N–H and O–H groups in total. The van der Waals surface area contributed by atoms with Crippen LogP contribution >= 0.6 is 0 Å². The molecule has 5 heteroatoms. The first-order valence-corrected chi connectivity index (χ1v) is 5.80. The van der Waals surface area contributed by atoms with Crippen molar-refractivity contribution < 1.29 is 14.3 Å². The third-order valence-corrected chi connectivity index (χ3v) is 2.97. The van der Waals surface area contributed by atoms with Crippen molar-refractivity contribution in [1.82, 2.24) is 9.78 Å². The molecule has 0 saturated carbocycles. The highest BCUT2D eigenvalue weighted by Gasteiger charge is 2.18. The minimum Gasteiger partial charge on any atom is -0.481 e. The molecule has 96 valence electrons. The van der Waals surface area contributed by atoms with E-state index in [-0.39, 0.29) is 6.42 Å². The number of hydrogen-bond donors (Lipinski definition) is 1. The lowest BCUT2D eigenvalue weighted by molar-refractivity contribution is -0.136. The molecule has 2 rings (SSSR count). The van der Waals surface area contributed by atoms with Gasteiger partial charge < -0.3 is 9.52 Å². The van der Waals surface area contributed by atoms with Crippen LogP contribution in [0.25, 0.3) is 11.3 Å². The van der Waals surface area contributed by atoms with Crippen molar-refractivity contribution in [3.63, 3.8) is 0 Å². The quantitative estimate of drug-likeness (QED) is 0.901. The van der Waals surface area contributed by atoms with Crippen LogP contribution in [0.3, 0.4) is 0 Å². The molecule has 2 aromatic heterocycles. The molecule has 2 heterocycles. The predicted molar refractivity (Wildman–Crippen MR) is 66.3 cm³/mol. The number of aliphatic carboxylic acids is 1. The molecule has 0 radical (unpaired) electrons. The largest absolute Gasteiger partial charge is 0.481 e. The van der Waals surface area contributed by atoms with Crippen molar-refractivity contribution in [3.8, 4) is 11.3 Å². The van der Waals surface area contributed by atoms with E-state index in [1.165, 1.54) is 0 Å². The first-order chi connectivity index (χ1) is 8.49. The first kappa shape index (κ1) is 12.4. The topological polar surface area (TPSA) is 68.3 Å². The SMILES string of the molecule is Cc1ccc(-c2c(CCC(=O)O)nn(C)c2C)o1. The average molecular weight is 248 g/mol. The van der Waals surface area contributed by atoms with Gasteiger partial charge in [0.15, 0.2) is 0 Å². The minimum atomic E-state index is -0.820. The van der Waals surface area contributed by atoms with Gasteiger partial charge in [-0.3, -0.25) is 9.48 Å². The lowest BCUT2D eigenvalue weighted by atomic mass is 10.1. The summed E-state index contributed by atoms with van der Waals surface area (Å²) in [6, 6.07) is 3.78. The minimum absolute atomic E-state index is 0.0726. The van der Waals surface area contributed by atoms with Gasteiger partial charge in [-0.05, 0) is 26.0 Å². The van der Waals surface area contributed by atoms with Crippen LogP contribution in [0, 0.1) is 13.8 Å². The molecular formula is C13H16N2O3. The molecule has 0 aromatic carbocycles. The number of rotatable bonds is 4. The second kappa shape index (κ2) is 4.68. The van der Waals surface area contributed by atoms with Crippen LogP contribution in [0.1, 0.15) is 23.6 Å². The predicted octanol–water partition coefficient (Wildman–Crippen LogP) is 2.31. The Morgan fingerprint density at radius 3 is 2.72 bits per heavy atom. The average Bonchev–Trinajstić information content (AvgIpc) is 2.82. The number of nitrogens with zero attached hydrogens (tertiary/aromatic N) is 2. The maximum Gasteiger partial charge on any atom is 0.303 e. The monoisotopic (exact) mass is 248 g/mol. The lowest BCUT2D eigenvalue weighted by Gasteiger charge is -1.99. The molecule has 0 aliphatic heterocycles. The molecule has 0 spiro atoms. The third kappa shape index (κ3) is 2.30. The maximum atomic E-state index is 10.7. The molecule has 0 unspecified atom stereocenters. The van der Waals surface area contributed by atoms with Crippen molar-refractivity contribution in [1.29, 1.82) is 0 Å². The van der Waals surface area contributed by atoms with Crippen LogP contribution < -0.4 is 0 Å². The first-order valence-electron chi connectivity index (χ1n) is 5.80. The number of hydrogen-bond acceptors (Lipinski definition) is 3. The summed E-state index contributed by atoms with van der Waals surface area (Å²) in [5.74, 6) is 0.760. The van der Waals surface area contributed by atoms with E-state index < -0.39 is 5.97 Å². The standard InChI is InChI=1S/C13H16N2O3/c1-8-4-6-11(18-8)13-9(2)15(3)14-10(13)5-7-12(16)17/h4,6H,5,7H2,1-3H3,(H,16,17). The van der Waals surface area contributed by atoms with Crippen LogP contribution in [0.15, 0.2) is 16.5 Å². The van der Waals surface area contributed by atoms with Gasteiger partial charge in [0.25, 0.3) is 0 Å². The van der Waals surface area contributed by atoms with E-state index in [0.717, 1.165) is 28.5 Å². The Balaban J connectivity index is 2.41. The summed E-state index contributed by atoms with van der Waals surface area (Å²) in [6.07, 6.45) is 0.481. The number of carboxylic acids is 1. The van der Waals surface area contributed by atoms with E-state index in [2.05, 4.69) is 5.10 Å². The summed E-state index contributed by atoms with van der Waals surface area (Å²) >= 11 is 0. The van der Waals surface area contributed by atoms with Crippen molar-refractivity contribution in [3.05, 3.63) is 29.3 Å². The Morgan fingerprint density at radius 1 is 1.44 bits per heavy atom. The van der Waals surface area contributed by atoms with Crippen molar-refractivity contribution in [2.75, 3.05) is 0 Å². The summed E-state index contributed by atoms with van der Waals surface area (Å²) in [5, 5.41) is 13.1. The molecule has 0 saturated heterocycles. The fraction of sp³-hybridized carbons (Fsp3) is 0.385. The van der Waals surface area contributed by atoms with Crippen molar-refractivity contribution in [2.45, 2.75) is 26.7 Å². The molecule has 0 aliphatic rings. The zero-order valence-corrected chi connectivity index (χ0v) is 10.7. The Hall–Kier alpha value is -2.04. The van der Waals surface area contributed by atoms with Gasteiger partial charge in [-0.15, -0.1) is 0 Å². The van der Waals surface area contributed by atoms with Crippen LogP contribution in [0.2, 0.25) is 0 Å². The fourth-order valence-electron chi connectivity index (χ4n) is 1.97. The van der Waals surface area contributed by atoms with Crippen LogP contribution in [0.4, 0.5) is 0 Å². The van der Waals surface area contributed by atoms with Gasteiger partial charge in [-0.25, -0.2) is 0 Å². The second-order valence-electron chi connectivity index (χ2n) is 4.33. The number of carbonyl (C=O) groups is 1. The van der Waals surface area contributed by atoms with E-state index in [1.54, 1.807) is 4.68 Å². The Morgan fingerprint density at radius 2 is 2.17 bits per heavy atom. The van der Waals surface area contributed by atoms with Crippen molar-refractivity contribution >= 4 is 5.97 Å². The van der Waals surface area contributed by atoms with E-state index in [0.29, 0.717) is 6.42 Å². The van der Waals surface area contributed by atoms with Crippen LogP contribution in [-0.2, 0) is 18.3 Å².